The van der Waals surface area contributed by atoms with E-state index in [4.69, 9.17) is 11.1 Å². The van der Waals surface area contributed by atoms with Crippen molar-refractivity contribution in [1.29, 1.82) is 5.41 Å². The van der Waals surface area contributed by atoms with E-state index in [-0.39, 0.29) is 5.84 Å². The van der Waals surface area contributed by atoms with Gasteiger partial charge in [-0.1, -0.05) is 13.8 Å². The number of nitrogens with one attached hydrogen (secondary N) is 1. The van der Waals surface area contributed by atoms with Gasteiger partial charge in [-0.2, -0.15) is 0 Å². The van der Waals surface area contributed by atoms with Crippen LogP contribution in [0.15, 0.2) is 18.3 Å². The van der Waals surface area contributed by atoms with E-state index in [0.29, 0.717) is 5.69 Å². The molecule has 1 rings (SSSR count). The van der Waals surface area contributed by atoms with Crippen LogP contribution < -0.4 is 5.73 Å². The summed E-state index contributed by atoms with van der Waals surface area (Å²) >= 11 is 0. The lowest BCUT2D eigenvalue weighted by atomic mass is 10.2. The van der Waals surface area contributed by atoms with Crippen molar-refractivity contribution in [2.24, 2.45) is 5.73 Å². The summed E-state index contributed by atoms with van der Waals surface area (Å²) < 4.78 is 0. The van der Waals surface area contributed by atoms with Crippen molar-refractivity contribution in [3.05, 3.63) is 29.6 Å². The molecule has 4 nitrogen and oxygen atoms in total. The molecule has 0 amide bonds. The van der Waals surface area contributed by atoms with Gasteiger partial charge in [0.15, 0.2) is 0 Å². The van der Waals surface area contributed by atoms with Gasteiger partial charge in [-0.3, -0.25) is 15.3 Å². The summed E-state index contributed by atoms with van der Waals surface area (Å²) in [5.74, 6) is 0.0318. The minimum absolute atomic E-state index is 0.0318. The highest BCUT2D eigenvalue weighted by atomic mass is 15.1. The largest absolute Gasteiger partial charge is 0.382 e. The SMILES string of the molecule is CCCN(CCC)Cc1ccnc(C(=N)N)c1. The Labute approximate surface area is 103 Å². The Balaban J connectivity index is 2.71. The third-order valence-electron chi connectivity index (χ3n) is 2.59. The second-order valence-corrected chi connectivity index (χ2v) is 4.24. The Bertz CT molecular complexity index is 356. The molecule has 1 aromatic rings. The molecule has 0 saturated carbocycles. The van der Waals surface area contributed by atoms with E-state index in [2.05, 4.69) is 23.7 Å². The van der Waals surface area contributed by atoms with Gasteiger partial charge in [0.2, 0.25) is 0 Å². The van der Waals surface area contributed by atoms with Gasteiger partial charge in [-0.15, -0.1) is 0 Å². The fraction of sp³-hybridized carbons (Fsp3) is 0.538. The summed E-state index contributed by atoms with van der Waals surface area (Å²) in [5.41, 5.74) is 7.18. The summed E-state index contributed by atoms with van der Waals surface area (Å²) in [6.45, 7) is 7.49. The van der Waals surface area contributed by atoms with Crippen molar-refractivity contribution in [1.82, 2.24) is 9.88 Å². The smallest absolute Gasteiger partial charge is 0.141 e. The van der Waals surface area contributed by atoms with Crippen LogP contribution in [0.5, 0.6) is 0 Å². The van der Waals surface area contributed by atoms with Crippen molar-refractivity contribution in [3.63, 3.8) is 0 Å². The summed E-state index contributed by atoms with van der Waals surface area (Å²) in [7, 11) is 0. The molecule has 0 atom stereocenters. The van der Waals surface area contributed by atoms with Gasteiger partial charge in [-0.05, 0) is 43.6 Å². The molecule has 17 heavy (non-hydrogen) atoms. The molecule has 0 aliphatic carbocycles. The van der Waals surface area contributed by atoms with E-state index < -0.39 is 0 Å². The van der Waals surface area contributed by atoms with Crippen LogP contribution in [0.25, 0.3) is 0 Å². The van der Waals surface area contributed by atoms with Crippen LogP contribution >= 0.6 is 0 Å². The third kappa shape index (κ3) is 4.53. The predicted molar refractivity (Wildman–Crippen MR) is 71.1 cm³/mol. The summed E-state index contributed by atoms with van der Waals surface area (Å²) in [5, 5.41) is 7.38. The molecule has 0 saturated heterocycles. The van der Waals surface area contributed by atoms with Gasteiger partial charge in [0.1, 0.15) is 11.5 Å². The topological polar surface area (TPSA) is 66.0 Å². The van der Waals surface area contributed by atoms with Crippen LogP contribution in [-0.4, -0.2) is 28.8 Å². The van der Waals surface area contributed by atoms with Gasteiger partial charge in [0.05, 0.1) is 0 Å². The molecular formula is C13H22N4. The number of pyridine rings is 1. The van der Waals surface area contributed by atoms with Crippen LogP contribution in [0.3, 0.4) is 0 Å². The molecule has 1 aromatic heterocycles. The normalized spacial score (nSPS) is 10.8. The maximum absolute atomic E-state index is 7.38. The molecule has 0 unspecified atom stereocenters. The first-order chi connectivity index (χ1) is 8.17. The number of nitrogens with two attached hydrogens (primary N) is 1. The number of nitrogens with zero attached hydrogens (tertiary/aromatic N) is 2. The lowest BCUT2D eigenvalue weighted by molar-refractivity contribution is 0.266. The molecule has 0 aliphatic rings. The Morgan fingerprint density at radius 1 is 1.35 bits per heavy atom. The second kappa shape index (κ2) is 7.01. The Morgan fingerprint density at radius 2 is 2.00 bits per heavy atom. The Morgan fingerprint density at radius 3 is 2.53 bits per heavy atom. The minimum atomic E-state index is 0.0318. The average Bonchev–Trinajstić information content (AvgIpc) is 2.30. The first-order valence-corrected chi connectivity index (χ1v) is 6.19. The monoisotopic (exact) mass is 234 g/mol. The first kappa shape index (κ1) is 13.6. The summed E-state index contributed by atoms with van der Waals surface area (Å²) in [6, 6.07) is 3.89. The van der Waals surface area contributed by atoms with Gasteiger partial charge in [-0.25, -0.2) is 0 Å². The zero-order valence-corrected chi connectivity index (χ0v) is 10.7. The van der Waals surface area contributed by atoms with Crippen LogP contribution in [-0.2, 0) is 6.54 Å². The first-order valence-electron chi connectivity index (χ1n) is 6.19. The summed E-state index contributed by atoms with van der Waals surface area (Å²) in [6.07, 6.45) is 4.04. The maximum atomic E-state index is 7.38. The molecule has 0 spiro atoms. The highest BCUT2D eigenvalue weighted by Crippen LogP contribution is 2.07. The molecule has 0 aromatic carbocycles. The van der Waals surface area contributed by atoms with Crippen molar-refractivity contribution >= 4 is 5.84 Å². The maximum Gasteiger partial charge on any atom is 0.141 e. The summed E-state index contributed by atoms with van der Waals surface area (Å²) in [4.78, 5) is 6.49. The van der Waals surface area contributed by atoms with Crippen molar-refractivity contribution in [2.45, 2.75) is 33.2 Å². The van der Waals surface area contributed by atoms with Crippen LogP contribution in [0.1, 0.15) is 37.9 Å². The van der Waals surface area contributed by atoms with Crippen molar-refractivity contribution in [2.75, 3.05) is 13.1 Å². The van der Waals surface area contributed by atoms with E-state index in [1.165, 1.54) is 5.56 Å². The van der Waals surface area contributed by atoms with Crippen LogP contribution in [0, 0.1) is 5.41 Å². The quantitative estimate of drug-likeness (QED) is 0.560. The van der Waals surface area contributed by atoms with E-state index in [0.717, 1.165) is 32.5 Å². The molecule has 0 radical (unpaired) electrons. The molecule has 0 aliphatic heterocycles. The van der Waals surface area contributed by atoms with Crippen molar-refractivity contribution < 1.29 is 0 Å². The van der Waals surface area contributed by atoms with Crippen molar-refractivity contribution in [3.8, 4) is 0 Å². The minimum Gasteiger partial charge on any atom is -0.382 e. The van der Waals surface area contributed by atoms with Gasteiger partial charge in [0, 0.05) is 12.7 Å². The fourth-order valence-corrected chi connectivity index (χ4v) is 1.88. The molecule has 0 fully saturated rings. The Kier molecular flexibility index (Phi) is 5.63. The number of nitrogen functional groups attached to an aromatic ring is 1. The molecule has 0 bridgehead atoms. The zero-order chi connectivity index (χ0) is 12.7. The molecular weight excluding hydrogens is 212 g/mol. The standard InChI is InChI=1S/C13H22N4/c1-3-7-17(8-4-2)10-11-5-6-16-12(9-11)13(14)15/h5-6,9H,3-4,7-8,10H2,1-2H3,(H3,14,15). The molecule has 3 N–H and O–H groups in total. The fourth-order valence-electron chi connectivity index (χ4n) is 1.88. The van der Waals surface area contributed by atoms with E-state index in [9.17, 15) is 0 Å². The number of hydrogen-bond acceptors (Lipinski definition) is 3. The zero-order valence-electron chi connectivity index (χ0n) is 10.7. The lowest BCUT2D eigenvalue weighted by Crippen LogP contribution is -2.25. The van der Waals surface area contributed by atoms with E-state index in [1.54, 1.807) is 6.20 Å². The molecule has 4 heteroatoms. The number of rotatable bonds is 7. The van der Waals surface area contributed by atoms with Gasteiger partial charge >= 0.3 is 0 Å². The van der Waals surface area contributed by atoms with E-state index in [1.807, 2.05) is 12.1 Å². The second-order valence-electron chi connectivity index (χ2n) is 4.24. The number of aromatic nitrogens is 1. The third-order valence-corrected chi connectivity index (χ3v) is 2.59. The lowest BCUT2D eigenvalue weighted by Gasteiger charge is -2.21. The van der Waals surface area contributed by atoms with E-state index >= 15 is 0 Å². The average molecular weight is 234 g/mol. The van der Waals surface area contributed by atoms with Crippen LogP contribution in [0.4, 0.5) is 0 Å². The predicted octanol–water partition coefficient (Wildman–Crippen LogP) is 1.99. The number of hydrogen-bond donors (Lipinski definition) is 2. The molecule has 94 valence electrons. The van der Waals surface area contributed by atoms with Gasteiger partial charge < -0.3 is 5.73 Å². The van der Waals surface area contributed by atoms with Crippen LogP contribution in [0.2, 0.25) is 0 Å². The highest BCUT2D eigenvalue weighted by Gasteiger charge is 2.05. The van der Waals surface area contributed by atoms with Gasteiger partial charge in [0.25, 0.3) is 0 Å². The molecule has 1 heterocycles. The highest BCUT2D eigenvalue weighted by molar-refractivity contribution is 5.93. The Hall–Kier alpha value is -1.42. The number of amidine groups is 1.